The first-order valence-corrected chi connectivity index (χ1v) is 11.8. The molecule has 2 heteroatoms. The highest BCUT2D eigenvalue weighted by molar-refractivity contribution is 7.08. The van der Waals surface area contributed by atoms with Gasteiger partial charge in [0.1, 0.15) is 0 Å². The van der Waals surface area contributed by atoms with E-state index in [1.165, 1.54) is 16.7 Å². The number of hydrogen-bond donors (Lipinski definition) is 1. The molecular formula is C30H30OS. The minimum atomic E-state index is -0.000829. The van der Waals surface area contributed by atoms with Crippen molar-refractivity contribution in [1.82, 2.24) is 0 Å². The summed E-state index contributed by atoms with van der Waals surface area (Å²) in [7, 11) is 0. The molecule has 3 aromatic rings. The van der Waals surface area contributed by atoms with Gasteiger partial charge in [0.25, 0.3) is 0 Å². The fraction of sp³-hybridized carbons (Fsp3) is 0.200. The van der Waals surface area contributed by atoms with Crippen LogP contribution in [0.1, 0.15) is 43.9 Å². The number of hydrogen-bond acceptors (Lipinski definition) is 2. The molecule has 3 rings (SSSR count). The summed E-state index contributed by atoms with van der Waals surface area (Å²) in [5.74, 6) is 6.26. The van der Waals surface area contributed by atoms with Crippen molar-refractivity contribution < 1.29 is 5.11 Å². The summed E-state index contributed by atoms with van der Waals surface area (Å²) in [6.45, 7) is 6.31. The van der Waals surface area contributed by atoms with Crippen molar-refractivity contribution in [2.24, 2.45) is 5.41 Å². The van der Waals surface area contributed by atoms with Crippen LogP contribution in [-0.2, 0) is 0 Å². The van der Waals surface area contributed by atoms with Gasteiger partial charge in [-0.1, -0.05) is 72.5 Å². The van der Waals surface area contributed by atoms with Gasteiger partial charge in [-0.05, 0) is 95.6 Å². The molecule has 0 radical (unpaired) electrons. The van der Waals surface area contributed by atoms with Crippen LogP contribution in [0.3, 0.4) is 0 Å². The molecule has 162 valence electrons. The molecule has 0 bridgehead atoms. The molecule has 1 nitrogen and oxygen atoms in total. The predicted molar refractivity (Wildman–Crippen MR) is 141 cm³/mol. The molecule has 2 aromatic carbocycles. The van der Waals surface area contributed by atoms with Crippen LogP contribution < -0.4 is 0 Å². The van der Waals surface area contributed by atoms with E-state index < -0.39 is 0 Å². The first-order chi connectivity index (χ1) is 15.4. The number of rotatable bonds is 7. The van der Waals surface area contributed by atoms with E-state index in [9.17, 15) is 5.11 Å². The van der Waals surface area contributed by atoms with Crippen molar-refractivity contribution in [3.8, 4) is 23.0 Å². The van der Waals surface area contributed by atoms with Gasteiger partial charge in [-0.25, -0.2) is 0 Å². The second-order valence-electron chi connectivity index (χ2n) is 8.73. The van der Waals surface area contributed by atoms with Crippen LogP contribution in [0.2, 0.25) is 0 Å². The number of benzene rings is 2. The van der Waals surface area contributed by atoms with Crippen molar-refractivity contribution in [2.45, 2.75) is 27.2 Å². The van der Waals surface area contributed by atoms with E-state index >= 15 is 0 Å². The SMILES string of the molecule is CC(C)(C)C#CC=CCC(=Cc1cccc(C=Cc2cccc(-c3ccsc3)c2)c1)CO. The summed E-state index contributed by atoms with van der Waals surface area (Å²) in [6, 6.07) is 19.1. The molecule has 1 N–H and O–H groups in total. The highest BCUT2D eigenvalue weighted by Gasteiger charge is 2.02. The Morgan fingerprint density at radius 1 is 0.938 bits per heavy atom. The molecular weight excluding hydrogens is 408 g/mol. The van der Waals surface area contributed by atoms with Gasteiger partial charge in [-0.15, -0.1) is 0 Å². The lowest BCUT2D eigenvalue weighted by molar-refractivity contribution is 0.330. The number of aliphatic hydroxyl groups is 1. The van der Waals surface area contributed by atoms with Crippen molar-refractivity contribution in [3.05, 3.63) is 99.8 Å². The maximum Gasteiger partial charge on any atom is 0.0648 e. The van der Waals surface area contributed by atoms with Crippen LogP contribution in [0.15, 0.2) is 83.1 Å². The zero-order chi connectivity index (χ0) is 22.8. The monoisotopic (exact) mass is 438 g/mol. The molecule has 1 aromatic heterocycles. The van der Waals surface area contributed by atoms with E-state index in [4.69, 9.17) is 0 Å². The zero-order valence-corrected chi connectivity index (χ0v) is 19.8. The minimum Gasteiger partial charge on any atom is -0.392 e. The molecule has 32 heavy (non-hydrogen) atoms. The third-order valence-corrected chi connectivity index (χ3v) is 5.41. The predicted octanol–water partition coefficient (Wildman–Crippen LogP) is 7.96. The summed E-state index contributed by atoms with van der Waals surface area (Å²) < 4.78 is 0. The maximum atomic E-state index is 9.75. The molecule has 0 amide bonds. The molecule has 1 heterocycles. The quantitative estimate of drug-likeness (QED) is 0.293. The van der Waals surface area contributed by atoms with Gasteiger partial charge >= 0.3 is 0 Å². The van der Waals surface area contributed by atoms with Crippen LogP contribution in [-0.4, -0.2) is 11.7 Å². The van der Waals surface area contributed by atoms with Crippen LogP contribution in [0.25, 0.3) is 29.4 Å². The zero-order valence-electron chi connectivity index (χ0n) is 19.0. The molecule has 0 fully saturated rings. The Hall–Kier alpha value is -3.12. The fourth-order valence-corrected chi connectivity index (χ4v) is 3.79. The van der Waals surface area contributed by atoms with E-state index in [0.717, 1.165) is 16.7 Å². The van der Waals surface area contributed by atoms with E-state index in [-0.39, 0.29) is 12.0 Å². The van der Waals surface area contributed by atoms with Gasteiger partial charge in [-0.2, -0.15) is 11.3 Å². The largest absolute Gasteiger partial charge is 0.392 e. The summed E-state index contributed by atoms with van der Waals surface area (Å²) in [6.07, 6.45) is 10.9. The van der Waals surface area contributed by atoms with Crippen molar-refractivity contribution in [3.63, 3.8) is 0 Å². The van der Waals surface area contributed by atoms with Crippen LogP contribution in [0, 0.1) is 17.3 Å². The molecule has 0 aliphatic heterocycles. The summed E-state index contributed by atoms with van der Waals surface area (Å²) in [5.41, 5.74) is 6.83. The number of aliphatic hydroxyl groups excluding tert-OH is 1. The van der Waals surface area contributed by atoms with Crippen molar-refractivity contribution in [2.75, 3.05) is 6.61 Å². The third-order valence-electron chi connectivity index (χ3n) is 4.72. The lowest BCUT2D eigenvalue weighted by atomic mass is 9.98. The molecule has 0 spiro atoms. The molecule has 0 saturated heterocycles. The van der Waals surface area contributed by atoms with Gasteiger partial charge in [0.2, 0.25) is 0 Å². The van der Waals surface area contributed by atoms with Crippen LogP contribution in [0.5, 0.6) is 0 Å². The van der Waals surface area contributed by atoms with E-state index in [0.29, 0.717) is 6.42 Å². The number of allylic oxidation sites excluding steroid dienone is 2. The van der Waals surface area contributed by atoms with Crippen molar-refractivity contribution >= 4 is 29.6 Å². The van der Waals surface area contributed by atoms with Crippen LogP contribution in [0.4, 0.5) is 0 Å². The second kappa shape index (κ2) is 11.5. The maximum absolute atomic E-state index is 9.75. The number of thiophene rings is 1. The van der Waals surface area contributed by atoms with Gasteiger partial charge in [-0.3, -0.25) is 0 Å². The van der Waals surface area contributed by atoms with E-state index in [1.54, 1.807) is 11.3 Å². The molecule has 0 atom stereocenters. The summed E-state index contributed by atoms with van der Waals surface area (Å²) >= 11 is 1.71. The highest BCUT2D eigenvalue weighted by Crippen LogP contribution is 2.24. The molecule has 0 saturated carbocycles. The molecule has 0 aliphatic rings. The lowest BCUT2D eigenvalue weighted by Gasteiger charge is -2.06. The highest BCUT2D eigenvalue weighted by atomic mass is 32.1. The second-order valence-corrected chi connectivity index (χ2v) is 9.51. The Bertz CT molecular complexity index is 1160. The topological polar surface area (TPSA) is 20.2 Å². The Balaban J connectivity index is 1.69. The average Bonchev–Trinajstić information content (AvgIpc) is 3.31. The Labute approximate surface area is 196 Å². The van der Waals surface area contributed by atoms with E-state index in [1.807, 2.05) is 18.2 Å². The smallest absolute Gasteiger partial charge is 0.0648 e. The Kier molecular flexibility index (Phi) is 8.45. The average molecular weight is 439 g/mol. The van der Waals surface area contributed by atoms with Gasteiger partial charge in [0.15, 0.2) is 0 Å². The Morgan fingerprint density at radius 2 is 1.66 bits per heavy atom. The first kappa shape index (κ1) is 23.5. The summed E-state index contributed by atoms with van der Waals surface area (Å²) in [5, 5.41) is 14.0. The van der Waals surface area contributed by atoms with Gasteiger partial charge in [0, 0.05) is 5.41 Å². The van der Waals surface area contributed by atoms with Crippen molar-refractivity contribution in [1.29, 1.82) is 0 Å². The lowest BCUT2D eigenvalue weighted by Crippen LogP contribution is -1.98. The van der Waals surface area contributed by atoms with E-state index in [2.05, 4.69) is 110 Å². The molecule has 0 aliphatic carbocycles. The molecule has 0 unspecified atom stereocenters. The fourth-order valence-electron chi connectivity index (χ4n) is 3.13. The standard InChI is InChI=1S/C30H30OS/c1-30(2,3)17-6-4-5-9-27(22-31)20-26-12-7-10-24(19-26)14-15-25-11-8-13-28(21-25)29-16-18-32-23-29/h4-5,7-8,10-16,18-21,23,31H,9,22H2,1-3H3. The summed E-state index contributed by atoms with van der Waals surface area (Å²) in [4.78, 5) is 0. The first-order valence-electron chi connectivity index (χ1n) is 10.8. The Morgan fingerprint density at radius 3 is 2.34 bits per heavy atom. The van der Waals surface area contributed by atoms with Gasteiger partial charge in [0.05, 0.1) is 6.61 Å². The van der Waals surface area contributed by atoms with Crippen LogP contribution >= 0.6 is 11.3 Å². The third kappa shape index (κ3) is 7.85. The van der Waals surface area contributed by atoms with Gasteiger partial charge < -0.3 is 5.11 Å². The normalized spacial score (nSPS) is 12.3. The minimum absolute atomic E-state index is 0.000829.